The monoisotopic (exact) mass is 468 g/mol. The molecule has 2 aromatic carbocycles. The lowest BCUT2D eigenvalue weighted by Crippen LogP contribution is -2.16. The van der Waals surface area contributed by atoms with Crippen molar-refractivity contribution in [3.63, 3.8) is 0 Å². The van der Waals surface area contributed by atoms with E-state index in [-0.39, 0.29) is 22.2 Å². The highest BCUT2D eigenvalue weighted by atomic mass is 79.9. The van der Waals surface area contributed by atoms with E-state index in [0.717, 1.165) is 9.99 Å². The fraction of sp³-hybridized carbons (Fsp3) is 0.167. The molecule has 3 rings (SSSR count). The van der Waals surface area contributed by atoms with Crippen molar-refractivity contribution in [1.82, 2.24) is 9.47 Å². The van der Waals surface area contributed by atoms with Gasteiger partial charge in [-0.05, 0) is 50.5 Å². The summed E-state index contributed by atoms with van der Waals surface area (Å²) in [4.78, 5) is 14.3. The van der Waals surface area contributed by atoms with Crippen molar-refractivity contribution in [3.8, 4) is 5.88 Å². The standard InChI is InChI=1S/C18H15BrCl2N4O2/c1-24(2)9-25-15-6-3-10(19)7-13(15)16(18(25)27)22-23-17(26)12-5-4-11(20)8-14(12)21/h3-8,27H,9H2,1-2H3. The number of rotatable bonds is 4. The molecule has 0 fully saturated rings. The van der Waals surface area contributed by atoms with Gasteiger partial charge in [0, 0.05) is 14.9 Å². The SMILES string of the molecule is CN(C)Cn1c(O)c(N=NC(=O)c2ccc(Cl)cc2Cl)c2cc(Br)ccc21. The van der Waals surface area contributed by atoms with Crippen LogP contribution in [0.1, 0.15) is 10.4 Å². The molecule has 0 bridgehead atoms. The Bertz CT molecular complexity index is 1060. The fourth-order valence-electron chi connectivity index (χ4n) is 2.63. The lowest BCUT2D eigenvalue weighted by Gasteiger charge is -2.13. The molecule has 27 heavy (non-hydrogen) atoms. The second-order valence-electron chi connectivity index (χ2n) is 6.11. The highest BCUT2D eigenvalue weighted by Gasteiger charge is 2.18. The molecule has 0 atom stereocenters. The third-order valence-corrected chi connectivity index (χ3v) is 4.84. The van der Waals surface area contributed by atoms with Gasteiger partial charge in [-0.1, -0.05) is 39.1 Å². The summed E-state index contributed by atoms with van der Waals surface area (Å²) >= 11 is 15.3. The van der Waals surface area contributed by atoms with Crippen LogP contribution >= 0.6 is 39.1 Å². The van der Waals surface area contributed by atoms with E-state index < -0.39 is 5.91 Å². The second-order valence-corrected chi connectivity index (χ2v) is 7.87. The minimum Gasteiger partial charge on any atom is -0.493 e. The molecule has 9 heteroatoms. The van der Waals surface area contributed by atoms with Crippen molar-refractivity contribution in [2.45, 2.75) is 6.67 Å². The molecule has 1 N–H and O–H groups in total. The fourth-order valence-corrected chi connectivity index (χ4v) is 3.48. The molecule has 6 nitrogen and oxygen atoms in total. The summed E-state index contributed by atoms with van der Waals surface area (Å²) in [5, 5.41) is 19.7. The molecular formula is C18H15BrCl2N4O2. The molecule has 0 saturated carbocycles. The first kappa shape index (κ1) is 19.8. The number of benzene rings is 2. The Labute approximate surface area is 174 Å². The van der Waals surface area contributed by atoms with Crippen molar-refractivity contribution in [3.05, 3.63) is 56.5 Å². The maximum absolute atomic E-state index is 12.4. The summed E-state index contributed by atoms with van der Waals surface area (Å²) in [6.07, 6.45) is 0. The van der Waals surface area contributed by atoms with Gasteiger partial charge < -0.3 is 5.11 Å². The van der Waals surface area contributed by atoms with Gasteiger partial charge in [-0.25, -0.2) is 0 Å². The van der Waals surface area contributed by atoms with Crippen LogP contribution in [-0.2, 0) is 6.67 Å². The Hall–Kier alpha value is -1.93. The van der Waals surface area contributed by atoms with Crippen molar-refractivity contribution < 1.29 is 9.90 Å². The first-order valence-electron chi connectivity index (χ1n) is 7.84. The van der Waals surface area contributed by atoms with Crippen LogP contribution in [0.25, 0.3) is 10.9 Å². The summed E-state index contributed by atoms with van der Waals surface area (Å²) in [5.74, 6) is -0.699. The van der Waals surface area contributed by atoms with Crippen molar-refractivity contribution >= 4 is 61.6 Å². The van der Waals surface area contributed by atoms with Crippen LogP contribution in [0.15, 0.2) is 51.1 Å². The van der Waals surface area contributed by atoms with Gasteiger partial charge in [0.05, 0.1) is 22.8 Å². The number of amides is 1. The van der Waals surface area contributed by atoms with E-state index in [1.807, 2.05) is 37.2 Å². The number of hydrogen-bond acceptors (Lipinski definition) is 4. The molecule has 0 radical (unpaired) electrons. The van der Waals surface area contributed by atoms with Crippen LogP contribution in [0.5, 0.6) is 5.88 Å². The minimum atomic E-state index is -0.625. The first-order chi connectivity index (χ1) is 12.8. The summed E-state index contributed by atoms with van der Waals surface area (Å²) in [7, 11) is 3.77. The van der Waals surface area contributed by atoms with Gasteiger partial charge >= 0.3 is 0 Å². The zero-order valence-electron chi connectivity index (χ0n) is 14.4. The number of nitrogens with zero attached hydrogens (tertiary/aromatic N) is 4. The van der Waals surface area contributed by atoms with E-state index in [4.69, 9.17) is 23.2 Å². The summed E-state index contributed by atoms with van der Waals surface area (Å²) in [5.41, 5.74) is 1.17. The predicted octanol–water partition coefficient (Wildman–Crippen LogP) is 5.86. The number of carbonyl (C=O) groups is 1. The van der Waals surface area contributed by atoms with Crippen LogP contribution in [0.3, 0.4) is 0 Å². The van der Waals surface area contributed by atoms with E-state index in [0.29, 0.717) is 17.1 Å². The number of halogens is 3. The molecule has 0 saturated heterocycles. The molecule has 0 aliphatic carbocycles. The van der Waals surface area contributed by atoms with Crippen molar-refractivity contribution in [2.24, 2.45) is 10.2 Å². The van der Waals surface area contributed by atoms with Crippen LogP contribution in [-0.4, -0.2) is 34.6 Å². The molecule has 0 unspecified atom stereocenters. The van der Waals surface area contributed by atoms with Crippen LogP contribution in [0, 0.1) is 0 Å². The van der Waals surface area contributed by atoms with E-state index in [1.165, 1.54) is 12.1 Å². The van der Waals surface area contributed by atoms with Gasteiger partial charge in [-0.3, -0.25) is 14.3 Å². The van der Waals surface area contributed by atoms with Gasteiger partial charge in [0.2, 0.25) is 5.88 Å². The first-order valence-corrected chi connectivity index (χ1v) is 9.39. The minimum absolute atomic E-state index is 0.0736. The zero-order chi connectivity index (χ0) is 19.7. The highest BCUT2D eigenvalue weighted by Crippen LogP contribution is 2.40. The largest absolute Gasteiger partial charge is 0.493 e. The normalized spacial score (nSPS) is 11.8. The number of fused-ring (bicyclic) bond motifs is 1. The number of aromatic hydroxyl groups is 1. The van der Waals surface area contributed by atoms with Gasteiger partial charge in [-0.15, -0.1) is 10.2 Å². The lowest BCUT2D eigenvalue weighted by molar-refractivity contribution is 0.0995. The zero-order valence-corrected chi connectivity index (χ0v) is 17.5. The Morgan fingerprint density at radius 2 is 1.96 bits per heavy atom. The Morgan fingerprint density at radius 1 is 1.22 bits per heavy atom. The quantitative estimate of drug-likeness (QED) is 0.486. The van der Waals surface area contributed by atoms with E-state index in [2.05, 4.69) is 26.2 Å². The van der Waals surface area contributed by atoms with Gasteiger partial charge in [0.25, 0.3) is 5.91 Å². The maximum atomic E-state index is 12.4. The van der Waals surface area contributed by atoms with E-state index in [9.17, 15) is 9.90 Å². The lowest BCUT2D eigenvalue weighted by atomic mass is 10.2. The molecule has 1 amide bonds. The number of carbonyl (C=O) groups excluding carboxylic acids is 1. The van der Waals surface area contributed by atoms with Crippen molar-refractivity contribution in [2.75, 3.05) is 14.1 Å². The second kappa shape index (κ2) is 7.98. The Balaban J connectivity index is 2.05. The molecule has 0 aliphatic rings. The topological polar surface area (TPSA) is 70.2 Å². The smallest absolute Gasteiger partial charge is 0.296 e. The van der Waals surface area contributed by atoms with E-state index >= 15 is 0 Å². The molecule has 0 aliphatic heterocycles. The third kappa shape index (κ3) is 4.16. The Kier molecular flexibility index (Phi) is 5.86. The van der Waals surface area contributed by atoms with Crippen molar-refractivity contribution in [1.29, 1.82) is 0 Å². The molecule has 3 aromatic rings. The molecular weight excluding hydrogens is 455 g/mol. The average molecular weight is 470 g/mol. The highest BCUT2D eigenvalue weighted by molar-refractivity contribution is 9.10. The Morgan fingerprint density at radius 3 is 2.63 bits per heavy atom. The van der Waals surface area contributed by atoms with Gasteiger partial charge in [0.1, 0.15) is 0 Å². The molecule has 0 spiro atoms. The summed E-state index contributed by atoms with van der Waals surface area (Å²) in [6, 6.07) is 10.0. The molecule has 140 valence electrons. The summed E-state index contributed by atoms with van der Waals surface area (Å²) in [6.45, 7) is 0.441. The van der Waals surface area contributed by atoms with Crippen LogP contribution < -0.4 is 0 Å². The maximum Gasteiger partial charge on any atom is 0.296 e. The molecule has 1 heterocycles. The van der Waals surface area contributed by atoms with Gasteiger partial charge in [-0.2, -0.15) is 0 Å². The number of aromatic nitrogens is 1. The third-order valence-electron chi connectivity index (χ3n) is 3.80. The number of hydrogen-bond donors (Lipinski definition) is 1. The predicted molar refractivity (Wildman–Crippen MR) is 110 cm³/mol. The number of azo groups is 1. The molecule has 1 aromatic heterocycles. The van der Waals surface area contributed by atoms with Gasteiger partial charge in [0.15, 0.2) is 5.69 Å². The van der Waals surface area contributed by atoms with Crippen LogP contribution in [0.2, 0.25) is 10.0 Å². The summed E-state index contributed by atoms with van der Waals surface area (Å²) < 4.78 is 2.51. The van der Waals surface area contributed by atoms with Crippen LogP contribution in [0.4, 0.5) is 5.69 Å². The van der Waals surface area contributed by atoms with E-state index in [1.54, 1.807) is 10.6 Å². The average Bonchev–Trinajstić information content (AvgIpc) is 2.83.